The van der Waals surface area contributed by atoms with E-state index in [-0.39, 0.29) is 0 Å². The summed E-state index contributed by atoms with van der Waals surface area (Å²) in [7, 11) is 0. The molecule has 0 saturated carbocycles. The van der Waals surface area contributed by atoms with Crippen molar-refractivity contribution in [3.8, 4) is 11.5 Å². The zero-order valence-corrected chi connectivity index (χ0v) is 10.8. The Bertz CT molecular complexity index is 356. The summed E-state index contributed by atoms with van der Waals surface area (Å²) in [5.41, 5.74) is 3.22. The first-order chi connectivity index (χ1) is 7.65. The highest BCUT2D eigenvalue weighted by Gasteiger charge is 2.14. The Morgan fingerprint density at radius 1 is 1.12 bits per heavy atom. The summed E-state index contributed by atoms with van der Waals surface area (Å²) in [5, 5.41) is 9.90. The van der Waals surface area contributed by atoms with Gasteiger partial charge in [0.05, 0.1) is 6.61 Å². The zero-order valence-electron chi connectivity index (χ0n) is 10.8. The van der Waals surface area contributed by atoms with Gasteiger partial charge >= 0.3 is 0 Å². The fraction of sp³-hybridized carbons (Fsp3) is 0.571. The average molecular weight is 222 g/mol. The summed E-state index contributed by atoms with van der Waals surface area (Å²) in [4.78, 5) is 0. The molecule has 16 heavy (non-hydrogen) atoms. The topological polar surface area (TPSA) is 29.5 Å². The molecule has 0 atom stereocenters. The lowest BCUT2D eigenvalue weighted by atomic mass is 9.97. The molecule has 90 valence electrons. The molecule has 0 fully saturated rings. The quantitative estimate of drug-likeness (QED) is 0.824. The molecule has 1 aromatic rings. The van der Waals surface area contributed by atoms with E-state index < -0.39 is 0 Å². The molecule has 0 aliphatic rings. The number of hydrogen-bond acceptors (Lipinski definition) is 2. The molecule has 1 aromatic carbocycles. The van der Waals surface area contributed by atoms with Crippen LogP contribution in [0.15, 0.2) is 6.07 Å². The minimum atomic E-state index is 0.403. The van der Waals surface area contributed by atoms with Gasteiger partial charge in [0, 0.05) is 11.1 Å². The van der Waals surface area contributed by atoms with Crippen LogP contribution in [0.3, 0.4) is 0 Å². The molecule has 2 heteroatoms. The van der Waals surface area contributed by atoms with Crippen LogP contribution in [0.4, 0.5) is 0 Å². The molecule has 0 spiro atoms. The largest absolute Gasteiger partial charge is 0.508 e. The molecule has 0 aromatic heterocycles. The van der Waals surface area contributed by atoms with E-state index in [4.69, 9.17) is 4.74 Å². The predicted molar refractivity (Wildman–Crippen MR) is 67.4 cm³/mol. The van der Waals surface area contributed by atoms with E-state index in [2.05, 4.69) is 20.8 Å². The van der Waals surface area contributed by atoms with Gasteiger partial charge in [0.1, 0.15) is 11.5 Å². The van der Waals surface area contributed by atoms with Crippen molar-refractivity contribution in [3.63, 3.8) is 0 Å². The molecule has 0 saturated heterocycles. The van der Waals surface area contributed by atoms with Crippen LogP contribution in [0.1, 0.15) is 43.9 Å². The highest BCUT2D eigenvalue weighted by molar-refractivity contribution is 5.52. The smallest absolute Gasteiger partial charge is 0.125 e. The minimum Gasteiger partial charge on any atom is -0.508 e. The molecule has 0 aliphatic heterocycles. The highest BCUT2D eigenvalue weighted by Crippen LogP contribution is 2.34. The second kappa shape index (κ2) is 5.78. The predicted octanol–water partition coefficient (Wildman–Crippen LogP) is 3.61. The summed E-state index contributed by atoms with van der Waals surface area (Å²) in [5.74, 6) is 1.37. The van der Waals surface area contributed by atoms with Gasteiger partial charge in [0.15, 0.2) is 0 Å². The molecule has 1 rings (SSSR count). The molecule has 0 amide bonds. The van der Waals surface area contributed by atoms with Gasteiger partial charge in [0.25, 0.3) is 0 Å². The summed E-state index contributed by atoms with van der Waals surface area (Å²) < 4.78 is 5.79. The molecular weight excluding hydrogens is 200 g/mol. The summed E-state index contributed by atoms with van der Waals surface area (Å²) in [6.07, 6.45) is 2.75. The number of ether oxygens (including phenoxy) is 1. The van der Waals surface area contributed by atoms with Gasteiger partial charge in [0.2, 0.25) is 0 Å². The minimum absolute atomic E-state index is 0.403. The zero-order chi connectivity index (χ0) is 12.1. The Balaban J connectivity index is 3.22. The first-order valence-electron chi connectivity index (χ1n) is 6.12. The summed E-state index contributed by atoms with van der Waals surface area (Å²) in [6.45, 7) is 8.99. The van der Waals surface area contributed by atoms with Crippen LogP contribution >= 0.6 is 0 Å². The van der Waals surface area contributed by atoms with Crippen molar-refractivity contribution < 1.29 is 9.84 Å². The molecule has 0 unspecified atom stereocenters. The molecule has 1 N–H and O–H groups in total. The second-order valence-corrected chi connectivity index (χ2v) is 4.05. The first-order valence-corrected chi connectivity index (χ1v) is 6.12. The molecule has 0 radical (unpaired) electrons. The lowest BCUT2D eigenvalue weighted by Gasteiger charge is -2.17. The van der Waals surface area contributed by atoms with E-state index in [1.165, 1.54) is 0 Å². The Hall–Kier alpha value is -1.18. The van der Waals surface area contributed by atoms with E-state index in [0.717, 1.165) is 48.3 Å². The normalized spacial score (nSPS) is 10.5. The maximum atomic E-state index is 9.90. The Morgan fingerprint density at radius 3 is 2.25 bits per heavy atom. The van der Waals surface area contributed by atoms with E-state index in [9.17, 15) is 5.11 Å². The highest BCUT2D eigenvalue weighted by atomic mass is 16.5. The second-order valence-electron chi connectivity index (χ2n) is 4.05. The van der Waals surface area contributed by atoms with Gasteiger partial charge in [-0.25, -0.2) is 0 Å². The number of rotatable bonds is 5. The molecule has 0 aliphatic carbocycles. The summed E-state index contributed by atoms with van der Waals surface area (Å²) >= 11 is 0. The SMILES string of the molecule is CCCOc1c(C)cc(O)c(CC)c1CC. The fourth-order valence-corrected chi connectivity index (χ4v) is 2.06. The third-order valence-electron chi connectivity index (χ3n) is 2.82. The van der Waals surface area contributed by atoms with Gasteiger partial charge in [-0.2, -0.15) is 0 Å². The van der Waals surface area contributed by atoms with Gasteiger partial charge in [-0.15, -0.1) is 0 Å². The Kier molecular flexibility index (Phi) is 4.66. The van der Waals surface area contributed by atoms with E-state index in [1.54, 1.807) is 0 Å². The van der Waals surface area contributed by atoms with E-state index in [1.807, 2.05) is 13.0 Å². The van der Waals surface area contributed by atoms with Crippen LogP contribution < -0.4 is 4.74 Å². The summed E-state index contributed by atoms with van der Waals surface area (Å²) in [6, 6.07) is 1.81. The number of phenols is 1. The standard InChI is InChI=1S/C14H22O2/c1-5-8-16-14-10(4)9-13(15)11(6-2)12(14)7-3/h9,15H,5-8H2,1-4H3. The van der Waals surface area contributed by atoms with Gasteiger partial charge < -0.3 is 9.84 Å². The number of phenolic OH excluding ortho intramolecular Hbond substituents is 1. The van der Waals surface area contributed by atoms with Gasteiger partial charge in [-0.3, -0.25) is 0 Å². The Morgan fingerprint density at radius 2 is 1.75 bits per heavy atom. The number of benzene rings is 1. The lowest BCUT2D eigenvalue weighted by molar-refractivity contribution is 0.311. The van der Waals surface area contributed by atoms with Crippen LogP contribution in [-0.4, -0.2) is 11.7 Å². The molecule has 0 heterocycles. The first kappa shape index (κ1) is 12.9. The van der Waals surface area contributed by atoms with Crippen LogP contribution in [0.25, 0.3) is 0 Å². The van der Waals surface area contributed by atoms with Gasteiger partial charge in [-0.05, 0) is 37.8 Å². The third-order valence-corrected chi connectivity index (χ3v) is 2.82. The van der Waals surface area contributed by atoms with Crippen molar-refractivity contribution in [3.05, 3.63) is 22.8 Å². The van der Waals surface area contributed by atoms with E-state index >= 15 is 0 Å². The van der Waals surface area contributed by atoms with Crippen molar-refractivity contribution >= 4 is 0 Å². The number of aromatic hydroxyl groups is 1. The fourth-order valence-electron chi connectivity index (χ4n) is 2.06. The molecule has 2 nitrogen and oxygen atoms in total. The lowest BCUT2D eigenvalue weighted by Crippen LogP contribution is -2.03. The molecular formula is C14H22O2. The van der Waals surface area contributed by atoms with Crippen molar-refractivity contribution in [1.82, 2.24) is 0 Å². The Labute approximate surface area is 98.3 Å². The third kappa shape index (κ3) is 2.49. The van der Waals surface area contributed by atoms with Crippen molar-refractivity contribution in [2.75, 3.05) is 6.61 Å². The van der Waals surface area contributed by atoms with Crippen molar-refractivity contribution in [1.29, 1.82) is 0 Å². The number of aryl methyl sites for hydroxylation is 1. The van der Waals surface area contributed by atoms with E-state index in [0.29, 0.717) is 5.75 Å². The van der Waals surface area contributed by atoms with Gasteiger partial charge in [-0.1, -0.05) is 20.8 Å². The average Bonchev–Trinajstić information content (AvgIpc) is 2.27. The van der Waals surface area contributed by atoms with Crippen LogP contribution in [0.5, 0.6) is 11.5 Å². The maximum Gasteiger partial charge on any atom is 0.125 e. The number of hydrogen-bond donors (Lipinski definition) is 1. The van der Waals surface area contributed by atoms with Crippen molar-refractivity contribution in [2.24, 2.45) is 0 Å². The van der Waals surface area contributed by atoms with Crippen LogP contribution in [-0.2, 0) is 12.8 Å². The van der Waals surface area contributed by atoms with Crippen molar-refractivity contribution in [2.45, 2.75) is 47.0 Å². The van der Waals surface area contributed by atoms with Crippen LogP contribution in [0, 0.1) is 6.92 Å². The maximum absolute atomic E-state index is 9.90. The monoisotopic (exact) mass is 222 g/mol. The molecule has 0 bridgehead atoms. The van der Waals surface area contributed by atoms with Crippen LogP contribution in [0.2, 0.25) is 0 Å².